The van der Waals surface area contributed by atoms with Crippen molar-refractivity contribution in [3.05, 3.63) is 70.3 Å². The Morgan fingerprint density at radius 3 is 2.24 bits per heavy atom. The van der Waals surface area contributed by atoms with Gasteiger partial charge in [0.25, 0.3) is 0 Å². The molecule has 154 valence electrons. The summed E-state index contributed by atoms with van der Waals surface area (Å²) < 4.78 is 17.2. The minimum absolute atomic E-state index is 0.234. The van der Waals surface area contributed by atoms with Gasteiger partial charge in [-0.15, -0.1) is 0 Å². The molecule has 1 unspecified atom stereocenters. The van der Waals surface area contributed by atoms with Crippen molar-refractivity contribution in [2.75, 3.05) is 13.2 Å². The quantitative estimate of drug-likeness (QED) is 0.530. The maximum Gasteiger partial charge on any atom is 0.339 e. The summed E-state index contributed by atoms with van der Waals surface area (Å²) in [6.07, 6.45) is 0. The molecule has 0 spiro atoms. The van der Waals surface area contributed by atoms with Gasteiger partial charge in [0.2, 0.25) is 0 Å². The molecule has 1 atom stereocenters. The molecule has 0 bridgehead atoms. The fraction of sp³-hybridized carbons (Fsp3) is 0.391. The predicted octanol–water partition coefficient (Wildman–Crippen LogP) is 4.62. The van der Waals surface area contributed by atoms with Crippen molar-refractivity contribution < 1.29 is 23.5 Å². The van der Waals surface area contributed by atoms with Crippen molar-refractivity contribution in [2.24, 2.45) is 0 Å². The van der Waals surface area contributed by atoms with Crippen LogP contribution in [0.3, 0.4) is 0 Å². The number of benzene rings is 2. The molecular weight excluding hydrogens is 384 g/mol. The topological polar surface area (TPSA) is 61.8 Å². The standard InChI is InChI=1S/C23H28O5Si/c1-6-26-21(24)17-13-14-19-18(20(17)22(25)27-7-2)15-29(4,5)28-23(19,3)16-11-9-8-10-12-16/h8-14H,6-7,15H2,1-5H3. The smallest absolute Gasteiger partial charge is 0.339 e. The van der Waals surface area contributed by atoms with Gasteiger partial charge >= 0.3 is 11.9 Å². The minimum Gasteiger partial charge on any atom is -0.462 e. The normalized spacial score (nSPS) is 19.9. The van der Waals surface area contributed by atoms with Crippen LogP contribution >= 0.6 is 0 Å². The summed E-state index contributed by atoms with van der Waals surface area (Å²) in [6.45, 7) is 10.3. The summed E-state index contributed by atoms with van der Waals surface area (Å²) in [5.74, 6) is -1.000. The fourth-order valence-electron chi connectivity index (χ4n) is 4.13. The molecule has 5 nitrogen and oxygen atoms in total. The third-order valence-electron chi connectivity index (χ3n) is 5.21. The summed E-state index contributed by atoms with van der Waals surface area (Å²) in [6, 6.07) is 14.2. The van der Waals surface area contributed by atoms with Crippen LogP contribution in [0, 0.1) is 0 Å². The largest absolute Gasteiger partial charge is 0.462 e. The maximum absolute atomic E-state index is 12.9. The van der Waals surface area contributed by atoms with Crippen LogP contribution in [-0.4, -0.2) is 33.5 Å². The number of carbonyl (C=O) groups is 2. The van der Waals surface area contributed by atoms with Crippen molar-refractivity contribution in [3.8, 4) is 0 Å². The fourth-order valence-corrected chi connectivity index (χ4v) is 6.76. The molecule has 1 heterocycles. The molecule has 0 saturated heterocycles. The van der Waals surface area contributed by atoms with Gasteiger partial charge in [-0.2, -0.15) is 0 Å². The Kier molecular flexibility index (Phi) is 5.96. The molecule has 3 rings (SSSR count). The van der Waals surface area contributed by atoms with Gasteiger partial charge in [-0.1, -0.05) is 36.4 Å². The summed E-state index contributed by atoms with van der Waals surface area (Å²) in [7, 11) is -2.20. The van der Waals surface area contributed by atoms with Crippen LogP contribution in [0.1, 0.15) is 58.2 Å². The van der Waals surface area contributed by atoms with E-state index in [2.05, 4.69) is 13.1 Å². The SMILES string of the molecule is CCOC(=O)c1ccc2c(c1C(=O)OCC)C[Si](C)(C)OC2(C)c1ccccc1. The number of hydrogen-bond acceptors (Lipinski definition) is 5. The molecule has 0 saturated carbocycles. The zero-order valence-corrected chi connectivity index (χ0v) is 18.7. The van der Waals surface area contributed by atoms with Crippen molar-refractivity contribution in [2.45, 2.75) is 45.5 Å². The first kappa shape index (κ1) is 21.3. The molecule has 2 aromatic carbocycles. The van der Waals surface area contributed by atoms with Gasteiger partial charge < -0.3 is 13.9 Å². The van der Waals surface area contributed by atoms with E-state index in [0.29, 0.717) is 11.6 Å². The van der Waals surface area contributed by atoms with E-state index in [9.17, 15) is 9.59 Å². The number of ether oxygens (including phenoxy) is 2. The average molecular weight is 413 g/mol. The Bertz CT molecular complexity index is 922. The second-order valence-electron chi connectivity index (χ2n) is 7.89. The number of esters is 2. The summed E-state index contributed by atoms with van der Waals surface area (Å²) in [5.41, 5.74) is 2.61. The molecular formula is C23H28O5Si. The highest BCUT2D eigenvalue weighted by molar-refractivity contribution is 6.71. The first-order valence-corrected chi connectivity index (χ1v) is 13.1. The van der Waals surface area contributed by atoms with E-state index in [1.165, 1.54) is 0 Å². The average Bonchev–Trinajstić information content (AvgIpc) is 2.67. The van der Waals surface area contributed by atoms with Crippen molar-refractivity contribution >= 4 is 20.3 Å². The molecule has 1 aliphatic rings. The van der Waals surface area contributed by atoms with E-state index in [-0.39, 0.29) is 18.8 Å². The van der Waals surface area contributed by atoms with Crippen molar-refractivity contribution in [1.29, 1.82) is 0 Å². The van der Waals surface area contributed by atoms with Crippen LogP contribution in [0.25, 0.3) is 0 Å². The highest BCUT2D eigenvalue weighted by Crippen LogP contribution is 2.44. The molecule has 1 aliphatic heterocycles. The van der Waals surface area contributed by atoms with E-state index in [1.807, 2.05) is 43.3 Å². The van der Waals surface area contributed by atoms with Gasteiger partial charge in [0.15, 0.2) is 8.32 Å². The molecule has 0 fully saturated rings. The lowest BCUT2D eigenvalue weighted by atomic mass is 9.82. The molecule has 0 aliphatic carbocycles. The Morgan fingerprint density at radius 1 is 1.00 bits per heavy atom. The Balaban J connectivity index is 2.29. The Hall–Kier alpha value is -2.44. The van der Waals surface area contributed by atoms with Crippen LogP contribution < -0.4 is 0 Å². The summed E-state index contributed by atoms with van der Waals surface area (Å²) in [5, 5.41) is 0. The second-order valence-corrected chi connectivity index (χ2v) is 12.0. The lowest BCUT2D eigenvalue weighted by Gasteiger charge is -2.45. The van der Waals surface area contributed by atoms with Gasteiger partial charge in [-0.05, 0) is 62.7 Å². The van der Waals surface area contributed by atoms with Crippen LogP contribution in [0.15, 0.2) is 42.5 Å². The van der Waals surface area contributed by atoms with Gasteiger partial charge in [0, 0.05) is 0 Å². The second kappa shape index (κ2) is 8.12. The molecule has 0 aromatic heterocycles. The lowest BCUT2D eigenvalue weighted by molar-refractivity contribution is 0.0475. The van der Waals surface area contributed by atoms with Crippen LogP contribution in [0.2, 0.25) is 13.1 Å². The van der Waals surface area contributed by atoms with E-state index >= 15 is 0 Å². The summed E-state index contributed by atoms with van der Waals surface area (Å²) >= 11 is 0. The Morgan fingerprint density at radius 2 is 1.62 bits per heavy atom. The van der Waals surface area contributed by atoms with E-state index < -0.39 is 25.9 Å². The Labute approximate surface area is 173 Å². The number of carbonyl (C=O) groups excluding carboxylic acids is 2. The first-order valence-electron chi connectivity index (χ1n) is 9.99. The van der Waals surface area contributed by atoms with Crippen molar-refractivity contribution in [3.63, 3.8) is 0 Å². The molecule has 6 heteroatoms. The number of hydrogen-bond donors (Lipinski definition) is 0. The van der Waals surface area contributed by atoms with Crippen LogP contribution in [0.5, 0.6) is 0 Å². The lowest BCUT2D eigenvalue weighted by Crippen LogP contribution is -2.49. The zero-order valence-electron chi connectivity index (χ0n) is 17.7. The van der Waals surface area contributed by atoms with E-state index in [4.69, 9.17) is 13.9 Å². The monoisotopic (exact) mass is 412 g/mol. The van der Waals surface area contributed by atoms with E-state index in [0.717, 1.165) is 16.7 Å². The van der Waals surface area contributed by atoms with Crippen molar-refractivity contribution in [1.82, 2.24) is 0 Å². The van der Waals surface area contributed by atoms with Gasteiger partial charge in [-0.3, -0.25) is 0 Å². The maximum atomic E-state index is 12.9. The zero-order chi connectivity index (χ0) is 21.2. The van der Waals surface area contributed by atoms with Gasteiger partial charge in [0.1, 0.15) is 5.60 Å². The predicted molar refractivity (Wildman–Crippen MR) is 114 cm³/mol. The minimum atomic E-state index is -2.20. The van der Waals surface area contributed by atoms with Gasteiger partial charge in [-0.25, -0.2) is 9.59 Å². The third kappa shape index (κ3) is 4.00. The molecule has 29 heavy (non-hydrogen) atoms. The molecule has 0 radical (unpaired) electrons. The van der Waals surface area contributed by atoms with Gasteiger partial charge in [0.05, 0.1) is 24.3 Å². The van der Waals surface area contributed by atoms with Crippen LogP contribution in [-0.2, 0) is 25.5 Å². The molecule has 0 N–H and O–H groups in total. The number of rotatable bonds is 5. The highest BCUT2D eigenvalue weighted by atomic mass is 28.4. The molecule has 0 amide bonds. The van der Waals surface area contributed by atoms with Crippen LogP contribution in [0.4, 0.5) is 0 Å². The third-order valence-corrected chi connectivity index (χ3v) is 7.38. The number of fused-ring (bicyclic) bond motifs is 1. The molecule has 2 aromatic rings. The summed E-state index contributed by atoms with van der Waals surface area (Å²) in [4.78, 5) is 25.6. The van der Waals surface area contributed by atoms with E-state index in [1.54, 1.807) is 19.9 Å². The highest BCUT2D eigenvalue weighted by Gasteiger charge is 2.46. The first-order chi connectivity index (χ1) is 13.7.